The second-order valence-corrected chi connectivity index (χ2v) is 5.80. The molecule has 98 valence electrons. The number of rotatable bonds is 5. The van der Waals surface area contributed by atoms with Gasteiger partial charge in [0.05, 0.1) is 6.61 Å². The molecule has 0 aromatic rings. The Bertz CT molecular complexity index is 290. The Labute approximate surface area is 103 Å². The minimum absolute atomic E-state index is 0.0428. The summed E-state index contributed by atoms with van der Waals surface area (Å²) in [7, 11) is 0. The molecule has 0 atom stereocenters. The van der Waals surface area contributed by atoms with Crippen molar-refractivity contribution >= 4 is 11.9 Å². The van der Waals surface area contributed by atoms with Gasteiger partial charge in [-0.2, -0.15) is 0 Å². The predicted octanol–water partition coefficient (Wildman–Crippen LogP) is 1.98. The second-order valence-electron chi connectivity index (χ2n) is 5.80. The lowest BCUT2D eigenvalue weighted by atomic mass is 9.91. The molecule has 4 nitrogen and oxygen atoms in total. The third-order valence-corrected chi connectivity index (χ3v) is 2.59. The summed E-state index contributed by atoms with van der Waals surface area (Å²) >= 11 is 0. The lowest BCUT2D eigenvalue weighted by molar-refractivity contribution is -0.150. The first kappa shape index (κ1) is 14.0. The van der Waals surface area contributed by atoms with E-state index in [9.17, 15) is 9.59 Å². The number of carbonyl (C=O) groups is 2. The van der Waals surface area contributed by atoms with Crippen molar-refractivity contribution in [2.75, 3.05) is 13.2 Å². The third kappa shape index (κ3) is 5.20. The van der Waals surface area contributed by atoms with Crippen molar-refractivity contribution in [1.29, 1.82) is 0 Å². The van der Waals surface area contributed by atoms with E-state index < -0.39 is 0 Å². The maximum absolute atomic E-state index is 12.1. The average Bonchev–Trinajstić information content (AvgIpc) is 2.94. The molecule has 0 aliphatic heterocycles. The van der Waals surface area contributed by atoms with Gasteiger partial charge in [-0.05, 0) is 25.2 Å². The molecule has 1 rings (SSSR count). The second kappa shape index (κ2) is 5.52. The maximum Gasteiger partial charge on any atom is 0.325 e. The first-order valence-electron chi connectivity index (χ1n) is 6.28. The molecular weight excluding hydrogens is 218 g/mol. The van der Waals surface area contributed by atoms with E-state index in [2.05, 4.69) is 0 Å². The van der Waals surface area contributed by atoms with Crippen molar-refractivity contribution in [3.8, 4) is 0 Å². The van der Waals surface area contributed by atoms with Gasteiger partial charge in [-0.3, -0.25) is 9.59 Å². The lowest BCUT2D eigenvalue weighted by Gasteiger charge is -2.25. The molecule has 1 amide bonds. The molecule has 0 saturated heterocycles. The van der Waals surface area contributed by atoms with Crippen LogP contribution in [0.2, 0.25) is 0 Å². The quantitative estimate of drug-likeness (QED) is 0.691. The van der Waals surface area contributed by atoms with Crippen LogP contribution < -0.4 is 0 Å². The van der Waals surface area contributed by atoms with Crippen LogP contribution in [0.15, 0.2) is 0 Å². The summed E-state index contributed by atoms with van der Waals surface area (Å²) in [5.74, 6) is -0.241. The number of esters is 1. The number of nitrogens with zero attached hydrogens (tertiary/aromatic N) is 1. The fraction of sp³-hybridized carbons (Fsp3) is 0.846. The molecule has 0 unspecified atom stereocenters. The van der Waals surface area contributed by atoms with Crippen LogP contribution in [-0.2, 0) is 14.3 Å². The van der Waals surface area contributed by atoms with E-state index in [-0.39, 0.29) is 29.9 Å². The molecule has 0 heterocycles. The lowest BCUT2D eigenvalue weighted by Crippen LogP contribution is -2.39. The molecule has 4 heteroatoms. The molecule has 0 aromatic heterocycles. The summed E-state index contributed by atoms with van der Waals surface area (Å²) in [6, 6.07) is 0.259. The molecule has 0 bridgehead atoms. The highest BCUT2D eigenvalue weighted by molar-refractivity contribution is 5.83. The van der Waals surface area contributed by atoms with Crippen LogP contribution in [-0.4, -0.2) is 36.0 Å². The minimum Gasteiger partial charge on any atom is -0.465 e. The van der Waals surface area contributed by atoms with Crippen molar-refractivity contribution < 1.29 is 14.3 Å². The fourth-order valence-electron chi connectivity index (χ4n) is 1.71. The van der Waals surface area contributed by atoms with Crippen LogP contribution in [0, 0.1) is 5.41 Å². The first-order chi connectivity index (χ1) is 7.83. The van der Waals surface area contributed by atoms with Gasteiger partial charge in [0.15, 0.2) is 0 Å². The van der Waals surface area contributed by atoms with Gasteiger partial charge in [0.25, 0.3) is 0 Å². The summed E-state index contributed by atoms with van der Waals surface area (Å²) in [4.78, 5) is 25.2. The Morgan fingerprint density at radius 1 is 1.29 bits per heavy atom. The maximum atomic E-state index is 12.1. The molecule has 0 spiro atoms. The van der Waals surface area contributed by atoms with Gasteiger partial charge in [0.2, 0.25) is 5.91 Å². The van der Waals surface area contributed by atoms with Crippen LogP contribution in [0.4, 0.5) is 0 Å². The molecule has 17 heavy (non-hydrogen) atoms. The van der Waals surface area contributed by atoms with Crippen LogP contribution in [0.25, 0.3) is 0 Å². The molecular formula is C13H23NO3. The van der Waals surface area contributed by atoms with Gasteiger partial charge >= 0.3 is 5.97 Å². The Morgan fingerprint density at radius 3 is 2.29 bits per heavy atom. The van der Waals surface area contributed by atoms with Gasteiger partial charge in [-0.25, -0.2) is 0 Å². The third-order valence-electron chi connectivity index (χ3n) is 2.59. The predicted molar refractivity (Wildman–Crippen MR) is 65.4 cm³/mol. The summed E-state index contributed by atoms with van der Waals surface area (Å²) in [5.41, 5.74) is -0.0428. The van der Waals surface area contributed by atoms with Crippen molar-refractivity contribution in [2.24, 2.45) is 5.41 Å². The highest BCUT2D eigenvalue weighted by atomic mass is 16.5. The van der Waals surface area contributed by atoms with E-state index in [0.717, 1.165) is 12.8 Å². The van der Waals surface area contributed by atoms with E-state index >= 15 is 0 Å². The summed E-state index contributed by atoms with van der Waals surface area (Å²) in [6.07, 6.45) is 2.49. The van der Waals surface area contributed by atoms with Crippen molar-refractivity contribution in [3.63, 3.8) is 0 Å². The number of hydrogen-bond donors (Lipinski definition) is 0. The van der Waals surface area contributed by atoms with Crippen LogP contribution in [0.5, 0.6) is 0 Å². The zero-order chi connectivity index (χ0) is 13.1. The van der Waals surface area contributed by atoms with E-state index in [0.29, 0.717) is 13.0 Å². The Morgan fingerprint density at radius 2 is 1.88 bits per heavy atom. The van der Waals surface area contributed by atoms with Crippen molar-refractivity contribution in [2.45, 2.75) is 53.0 Å². The highest BCUT2D eigenvalue weighted by Gasteiger charge is 2.35. The fourth-order valence-corrected chi connectivity index (χ4v) is 1.71. The van der Waals surface area contributed by atoms with Gasteiger partial charge in [-0.15, -0.1) is 0 Å². The normalized spacial score (nSPS) is 15.5. The van der Waals surface area contributed by atoms with E-state index in [4.69, 9.17) is 4.74 Å². The van der Waals surface area contributed by atoms with E-state index in [1.165, 1.54) is 0 Å². The summed E-state index contributed by atoms with van der Waals surface area (Å²) in [6.45, 7) is 8.33. The van der Waals surface area contributed by atoms with Crippen molar-refractivity contribution in [1.82, 2.24) is 4.90 Å². The van der Waals surface area contributed by atoms with Gasteiger partial charge in [0, 0.05) is 12.5 Å². The Kier molecular flexibility index (Phi) is 4.54. The molecule has 0 aromatic carbocycles. The molecule has 1 fully saturated rings. The molecule has 1 saturated carbocycles. The summed E-state index contributed by atoms with van der Waals surface area (Å²) < 4.78 is 4.90. The topological polar surface area (TPSA) is 46.6 Å². The smallest absolute Gasteiger partial charge is 0.325 e. The zero-order valence-electron chi connectivity index (χ0n) is 11.3. The zero-order valence-corrected chi connectivity index (χ0v) is 11.3. The van der Waals surface area contributed by atoms with Crippen LogP contribution in [0.1, 0.15) is 47.0 Å². The SMILES string of the molecule is CCOC(=O)CN(C(=O)CC(C)(C)C)C1CC1. The van der Waals surface area contributed by atoms with Gasteiger partial charge in [0.1, 0.15) is 6.54 Å². The molecule has 0 radical (unpaired) electrons. The largest absolute Gasteiger partial charge is 0.465 e. The monoisotopic (exact) mass is 241 g/mol. The molecule has 0 N–H and O–H groups in total. The highest BCUT2D eigenvalue weighted by Crippen LogP contribution is 2.29. The standard InChI is InChI=1S/C13H23NO3/c1-5-17-12(16)9-14(10-6-7-10)11(15)8-13(2,3)4/h10H,5-9H2,1-4H3. The van der Waals surface area contributed by atoms with Gasteiger partial charge in [-0.1, -0.05) is 20.8 Å². The van der Waals surface area contributed by atoms with E-state index in [1.54, 1.807) is 11.8 Å². The number of hydrogen-bond acceptors (Lipinski definition) is 3. The number of carbonyl (C=O) groups excluding carboxylic acids is 2. The Balaban J connectivity index is 2.53. The number of ether oxygens (including phenoxy) is 1. The van der Waals surface area contributed by atoms with Gasteiger partial charge < -0.3 is 9.64 Å². The van der Waals surface area contributed by atoms with E-state index in [1.807, 2.05) is 20.8 Å². The first-order valence-corrected chi connectivity index (χ1v) is 6.28. The van der Waals surface area contributed by atoms with Crippen LogP contribution >= 0.6 is 0 Å². The number of amides is 1. The van der Waals surface area contributed by atoms with Crippen LogP contribution in [0.3, 0.4) is 0 Å². The average molecular weight is 241 g/mol. The van der Waals surface area contributed by atoms with Crippen molar-refractivity contribution in [3.05, 3.63) is 0 Å². The summed E-state index contributed by atoms with van der Waals surface area (Å²) in [5, 5.41) is 0. The minimum atomic E-state index is -0.304. The Hall–Kier alpha value is -1.06. The molecule has 1 aliphatic carbocycles. The molecule has 1 aliphatic rings.